The standard InChI is InChI=1S/C20H33N3O3.HI/c1-5-21-19(22-16-20(24-4)11-13-25-14-12-20)23(3)15-17-7-9-18(10-8-17)26-6-2;/h7-10H,5-6,11-16H2,1-4H3,(H,21,22);1H. The highest BCUT2D eigenvalue weighted by atomic mass is 127. The largest absolute Gasteiger partial charge is 0.494 e. The summed E-state index contributed by atoms with van der Waals surface area (Å²) in [5.41, 5.74) is 1.01. The third-order valence-electron chi connectivity index (χ3n) is 4.70. The van der Waals surface area contributed by atoms with Crippen molar-refractivity contribution in [1.82, 2.24) is 10.2 Å². The zero-order chi connectivity index (χ0) is 18.8. The second kappa shape index (κ2) is 12.4. The molecular weight excluding hydrogens is 457 g/mol. The van der Waals surface area contributed by atoms with E-state index in [1.54, 1.807) is 7.11 Å². The molecule has 6 nitrogen and oxygen atoms in total. The average Bonchev–Trinajstić information content (AvgIpc) is 2.67. The van der Waals surface area contributed by atoms with Crippen LogP contribution in [-0.4, -0.2) is 63.5 Å². The highest BCUT2D eigenvalue weighted by Gasteiger charge is 2.32. The summed E-state index contributed by atoms with van der Waals surface area (Å²) in [7, 11) is 3.83. The first-order valence-electron chi connectivity index (χ1n) is 9.46. The lowest BCUT2D eigenvalue weighted by molar-refractivity contribution is -0.0829. The van der Waals surface area contributed by atoms with Crippen LogP contribution < -0.4 is 10.1 Å². The summed E-state index contributed by atoms with van der Waals surface area (Å²) in [6, 6.07) is 8.22. The highest BCUT2D eigenvalue weighted by Crippen LogP contribution is 2.25. The third kappa shape index (κ3) is 7.46. The summed E-state index contributed by atoms with van der Waals surface area (Å²) < 4.78 is 16.8. The van der Waals surface area contributed by atoms with Crippen molar-refractivity contribution in [3.63, 3.8) is 0 Å². The predicted molar refractivity (Wildman–Crippen MR) is 120 cm³/mol. The Kier molecular flexibility index (Phi) is 11.0. The molecule has 0 aliphatic carbocycles. The lowest BCUT2D eigenvalue weighted by atomic mass is 9.94. The van der Waals surface area contributed by atoms with E-state index >= 15 is 0 Å². The number of halogens is 1. The number of hydrogen-bond donors (Lipinski definition) is 1. The van der Waals surface area contributed by atoms with Crippen molar-refractivity contribution in [3.8, 4) is 5.75 Å². The number of methoxy groups -OCH3 is 1. The monoisotopic (exact) mass is 491 g/mol. The lowest BCUT2D eigenvalue weighted by Gasteiger charge is -2.35. The maximum atomic E-state index is 5.79. The van der Waals surface area contributed by atoms with E-state index < -0.39 is 0 Å². The maximum Gasteiger partial charge on any atom is 0.194 e. The van der Waals surface area contributed by atoms with Crippen LogP contribution in [0.3, 0.4) is 0 Å². The first-order chi connectivity index (χ1) is 12.6. The van der Waals surface area contributed by atoms with Gasteiger partial charge >= 0.3 is 0 Å². The van der Waals surface area contributed by atoms with Crippen LogP contribution in [0.2, 0.25) is 0 Å². The van der Waals surface area contributed by atoms with Crippen LogP contribution >= 0.6 is 24.0 Å². The minimum absolute atomic E-state index is 0. The van der Waals surface area contributed by atoms with Crippen molar-refractivity contribution < 1.29 is 14.2 Å². The van der Waals surface area contributed by atoms with Gasteiger partial charge in [0.2, 0.25) is 0 Å². The van der Waals surface area contributed by atoms with Crippen molar-refractivity contribution in [2.24, 2.45) is 4.99 Å². The van der Waals surface area contributed by atoms with E-state index in [4.69, 9.17) is 19.2 Å². The molecule has 0 aromatic heterocycles. The van der Waals surface area contributed by atoms with Crippen LogP contribution in [0.4, 0.5) is 0 Å². The number of rotatable bonds is 8. The first kappa shape index (κ1) is 24.0. The Hall–Kier alpha value is -1.06. The molecule has 1 fully saturated rings. The van der Waals surface area contributed by atoms with Crippen molar-refractivity contribution in [1.29, 1.82) is 0 Å². The van der Waals surface area contributed by atoms with Gasteiger partial charge in [-0.05, 0) is 31.5 Å². The summed E-state index contributed by atoms with van der Waals surface area (Å²) in [6.45, 7) is 8.49. The summed E-state index contributed by atoms with van der Waals surface area (Å²) in [5, 5.41) is 3.38. The molecule has 1 aliphatic rings. The van der Waals surface area contributed by atoms with E-state index in [0.29, 0.717) is 13.2 Å². The molecule has 154 valence electrons. The Balaban J connectivity index is 0.00000364. The number of ether oxygens (including phenoxy) is 3. The molecule has 1 N–H and O–H groups in total. The number of nitrogens with one attached hydrogen (secondary N) is 1. The Labute approximate surface area is 180 Å². The van der Waals surface area contributed by atoms with Gasteiger partial charge in [0.05, 0.1) is 18.8 Å². The molecule has 7 heteroatoms. The fourth-order valence-electron chi connectivity index (χ4n) is 3.07. The molecule has 1 aromatic rings. The predicted octanol–water partition coefficient (Wildman–Crippen LogP) is 3.30. The molecule has 0 saturated carbocycles. The van der Waals surface area contributed by atoms with Gasteiger partial charge in [-0.2, -0.15) is 0 Å². The van der Waals surface area contributed by atoms with Gasteiger partial charge in [-0.3, -0.25) is 4.99 Å². The molecule has 1 aromatic carbocycles. The fourth-order valence-corrected chi connectivity index (χ4v) is 3.07. The minimum Gasteiger partial charge on any atom is -0.494 e. The zero-order valence-electron chi connectivity index (χ0n) is 17.0. The van der Waals surface area contributed by atoms with Gasteiger partial charge in [0, 0.05) is 53.3 Å². The Bertz CT molecular complexity index is 560. The third-order valence-corrected chi connectivity index (χ3v) is 4.70. The van der Waals surface area contributed by atoms with E-state index in [1.165, 1.54) is 5.56 Å². The van der Waals surface area contributed by atoms with Crippen LogP contribution in [0.5, 0.6) is 5.75 Å². The number of hydrogen-bond acceptors (Lipinski definition) is 4. The van der Waals surface area contributed by atoms with Gasteiger partial charge in [0.25, 0.3) is 0 Å². The summed E-state index contributed by atoms with van der Waals surface area (Å²) in [5.74, 6) is 1.80. The molecule has 27 heavy (non-hydrogen) atoms. The summed E-state index contributed by atoms with van der Waals surface area (Å²) in [4.78, 5) is 6.99. The summed E-state index contributed by atoms with van der Waals surface area (Å²) >= 11 is 0. The fraction of sp³-hybridized carbons (Fsp3) is 0.650. The topological polar surface area (TPSA) is 55.3 Å². The van der Waals surface area contributed by atoms with Crippen LogP contribution in [0, 0.1) is 0 Å². The molecule has 1 heterocycles. The molecule has 2 rings (SSSR count). The molecule has 0 unspecified atom stereocenters. The van der Waals surface area contributed by atoms with Crippen LogP contribution in [0.25, 0.3) is 0 Å². The van der Waals surface area contributed by atoms with Gasteiger partial charge in [0.15, 0.2) is 5.96 Å². The first-order valence-corrected chi connectivity index (χ1v) is 9.46. The average molecular weight is 491 g/mol. The Morgan fingerprint density at radius 1 is 1.22 bits per heavy atom. The molecule has 0 bridgehead atoms. The molecule has 0 amide bonds. The van der Waals surface area contributed by atoms with Gasteiger partial charge in [0.1, 0.15) is 5.75 Å². The number of benzene rings is 1. The van der Waals surface area contributed by atoms with Crippen molar-refractivity contribution >= 4 is 29.9 Å². The smallest absolute Gasteiger partial charge is 0.194 e. The molecule has 0 atom stereocenters. The minimum atomic E-state index is -0.209. The van der Waals surface area contributed by atoms with Gasteiger partial charge < -0.3 is 24.4 Å². The van der Waals surface area contributed by atoms with E-state index in [0.717, 1.165) is 50.9 Å². The number of nitrogens with zero attached hydrogens (tertiary/aromatic N) is 2. The van der Waals surface area contributed by atoms with Gasteiger partial charge in [-0.25, -0.2) is 0 Å². The van der Waals surface area contributed by atoms with Crippen molar-refractivity contribution in [2.45, 2.75) is 38.8 Å². The van der Waals surface area contributed by atoms with Gasteiger partial charge in [-0.1, -0.05) is 12.1 Å². The van der Waals surface area contributed by atoms with Crippen molar-refractivity contribution in [2.75, 3.05) is 47.1 Å². The molecule has 1 aliphatic heterocycles. The van der Waals surface area contributed by atoms with E-state index in [2.05, 4.69) is 36.3 Å². The second-order valence-electron chi connectivity index (χ2n) is 6.60. The van der Waals surface area contributed by atoms with Crippen LogP contribution in [0.1, 0.15) is 32.3 Å². The van der Waals surface area contributed by atoms with Crippen LogP contribution in [0.15, 0.2) is 29.3 Å². The van der Waals surface area contributed by atoms with E-state index in [-0.39, 0.29) is 29.6 Å². The number of aliphatic imine (C=N–C) groups is 1. The Morgan fingerprint density at radius 2 is 1.89 bits per heavy atom. The normalized spacial score (nSPS) is 16.4. The van der Waals surface area contributed by atoms with Crippen molar-refractivity contribution in [3.05, 3.63) is 29.8 Å². The van der Waals surface area contributed by atoms with E-state index in [1.807, 2.05) is 19.1 Å². The molecule has 0 spiro atoms. The highest BCUT2D eigenvalue weighted by molar-refractivity contribution is 14.0. The zero-order valence-corrected chi connectivity index (χ0v) is 19.3. The quantitative estimate of drug-likeness (QED) is 0.344. The Morgan fingerprint density at radius 3 is 2.44 bits per heavy atom. The van der Waals surface area contributed by atoms with Crippen LogP contribution in [-0.2, 0) is 16.0 Å². The SMILES string of the molecule is CCNC(=NCC1(OC)CCOCC1)N(C)Cc1ccc(OCC)cc1.I. The maximum absolute atomic E-state index is 5.79. The lowest BCUT2D eigenvalue weighted by Crippen LogP contribution is -2.44. The van der Waals surface area contributed by atoms with Gasteiger partial charge in [-0.15, -0.1) is 24.0 Å². The van der Waals surface area contributed by atoms with E-state index in [9.17, 15) is 0 Å². The molecule has 1 saturated heterocycles. The second-order valence-corrected chi connectivity index (χ2v) is 6.60. The molecule has 0 radical (unpaired) electrons. The number of guanidine groups is 1. The molecular formula is C20H34IN3O3. The summed E-state index contributed by atoms with van der Waals surface area (Å²) in [6.07, 6.45) is 1.77.